The first-order valence-corrected chi connectivity index (χ1v) is 8.19. The normalized spacial score (nSPS) is 15.3. The molecule has 0 aromatic carbocycles. The molecule has 0 saturated heterocycles. The Balaban J connectivity index is 2.11. The zero-order valence-corrected chi connectivity index (χ0v) is 12.9. The highest BCUT2D eigenvalue weighted by atomic mass is 32.1. The first-order valence-electron chi connectivity index (χ1n) is 7.37. The fourth-order valence-corrected chi connectivity index (χ4v) is 3.58. The van der Waals surface area contributed by atoms with Crippen molar-refractivity contribution in [3.8, 4) is 11.8 Å². The van der Waals surface area contributed by atoms with E-state index in [1.807, 2.05) is 4.90 Å². The molecule has 1 heterocycles. The molecule has 0 aliphatic heterocycles. The van der Waals surface area contributed by atoms with Crippen molar-refractivity contribution in [1.29, 1.82) is 0 Å². The molecule has 2 N–H and O–H groups in total. The highest BCUT2D eigenvalue weighted by molar-refractivity contribution is 7.14. The molecular weight excluding hydrogens is 286 g/mol. The number of nitrogens with zero attached hydrogens (tertiary/aromatic N) is 1. The van der Waals surface area contributed by atoms with Gasteiger partial charge in [0.15, 0.2) is 0 Å². The summed E-state index contributed by atoms with van der Waals surface area (Å²) in [5, 5.41) is 17.9. The molecule has 0 radical (unpaired) electrons. The van der Waals surface area contributed by atoms with E-state index in [0.717, 1.165) is 30.6 Å². The van der Waals surface area contributed by atoms with Crippen LogP contribution >= 0.6 is 11.3 Å². The van der Waals surface area contributed by atoms with E-state index in [4.69, 9.17) is 5.11 Å². The maximum Gasteiger partial charge on any atom is 0.264 e. The second-order valence-corrected chi connectivity index (χ2v) is 6.22. The first-order chi connectivity index (χ1) is 10.3. The lowest BCUT2D eigenvalue weighted by Gasteiger charge is -2.33. The second-order valence-electron chi connectivity index (χ2n) is 5.14. The summed E-state index contributed by atoms with van der Waals surface area (Å²) in [6, 6.07) is 3.83. The van der Waals surface area contributed by atoms with Crippen molar-refractivity contribution < 1.29 is 15.0 Å². The van der Waals surface area contributed by atoms with Gasteiger partial charge in [-0.25, -0.2) is 0 Å². The van der Waals surface area contributed by atoms with Gasteiger partial charge in [-0.15, -0.1) is 11.3 Å². The van der Waals surface area contributed by atoms with E-state index in [0.29, 0.717) is 11.4 Å². The number of hydrogen-bond acceptors (Lipinski definition) is 4. The van der Waals surface area contributed by atoms with Crippen LogP contribution in [0.3, 0.4) is 0 Å². The molecule has 5 heteroatoms. The molecule has 0 spiro atoms. The van der Waals surface area contributed by atoms with E-state index < -0.39 is 0 Å². The Bertz CT molecular complexity index is 523. The van der Waals surface area contributed by atoms with Crippen molar-refractivity contribution in [2.75, 3.05) is 19.8 Å². The predicted octanol–water partition coefficient (Wildman–Crippen LogP) is 1.86. The molecule has 1 aliphatic rings. The lowest BCUT2D eigenvalue weighted by atomic mass is 9.94. The van der Waals surface area contributed by atoms with Crippen molar-refractivity contribution in [2.24, 2.45) is 0 Å². The zero-order chi connectivity index (χ0) is 15.1. The van der Waals surface area contributed by atoms with E-state index in [1.54, 1.807) is 12.1 Å². The molecule has 0 atom stereocenters. The van der Waals surface area contributed by atoms with Crippen molar-refractivity contribution in [1.82, 2.24) is 4.90 Å². The standard InChI is InChI=1S/C16H21NO3S/c18-11-4-7-14-8-9-15(21-14)16(20)17(10-12-19)13-5-2-1-3-6-13/h8-9,13,18-19H,1-3,5-6,10-12H2. The summed E-state index contributed by atoms with van der Waals surface area (Å²) in [6.07, 6.45) is 5.58. The van der Waals surface area contributed by atoms with Gasteiger partial charge in [0, 0.05) is 12.6 Å². The quantitative estimate of drug-likeness (QED) is 0.835. The van der Waals surface area contributed by atoms with E-state index in [2.05, 4.69) is 11.8 Å². The van der Waals surface area contributed by atoms with Gasteiger partial charge in [-0.1, -0.05) is 31.1 Å². The van der Waals surface area contributed by atoms with Crippen LogP contribution in [0.25, 0.3) is 0 Å². The van der Waals surface area contributed by atoms with Crippen LogP contribution < -0.4 is 0 Å². The summed E-state index contributed by atoms with van der Waals surface area (Å²) in [5.41, 5.74) is 0. The summed E-state index contributed by atoms with van der Waals surface area (Å²) in [6.45, 7) is 0.198. The molecule has 114 valence electrons. The Kier molecular flexibility index (Phi) is 6.24. The highest BCUT2D eigenvalue weighted by Crippen LogP contribution is 2.25. The minimum absolute atomic E-state index is 0.00914. The first kappa shape index (κ1) is 16.0. The Morgan fingerprint density at radius 2 is 2.05 bits per heavy atom. The number of amides is 1. The number of aliphatic hydroxyl groups excluding tert-OH is 2. The average Bonchev–Trinajstić information content (AvgIpc) is 2.99. The van der Waals surface area contributed by atoms with Gasteiger partial charge < -0.3 is 15.1 Å². The highest BCUT2D eigenvalue weighted by Gasteiger charge is 2.26. The summed E-state index contributed by atoms with van der Waals surface area (Å²) < 4.78 is 0. The Hall–Kier alpha value is -1.35. The molecule has 1 saturated carbocycles. The van der Waals surface area contributed by atoms with Crippen LogP contribution in [0.1, 0.15) is 46.7 Å². The third-order valence-electron chi connectivity index (χ3n) is 3.72. The van der Waals surface area contributed by atoms with E-state index in [1.165, 1.54) is 17.8 Å². The number of aliphatic hydroxyl groups is 2. The van der Waals surface area contributed by atoms with Crippen LogP contribution in [-0.4, -0.2) is 46.8 Å². The third kappa shape index (κ3) is 4.31. The van der Waals surface area contributed by atoms with Crippen molar-refractivity contribution in [2.45, 2.75) is 38.1 Å². The SMILES string of the molecule is O=C(c1ccc(C#CCO)s1)N(CCO)C1CCCCC1. The van der Waals surface area contributed by atoms with Gasteiger partial charge in [-0.2, -0.15) is 0 Å². The number of carbonyl (C=O) groups excluding carboxylic acids is 1. The zero-order valence-electron chi connectivity index (χ0n) is 12.0. The molecular formula is C16H21NO3S. The molecule has 1 aromatic heterocycles. The Labute approximate surface area is 129 Å². The fourth-order valence-electron chi connectivity index (χ4n) is 2.74. The minimum atomic E-state index is -0.181. The Morgan fingerprint density at radius 1 is 1.29 bits per heavy atom. The monoisotopic (exact) mass is 307 g/mol. The van der Waals surface area contributed by atoms with Gasteiger partial charge in [-0.05, 0) is 25.0 Å². The summed E-state index contributed by atoms with van der Waals surface area (Å²) in [4.78, 5) is 15.9. The van der Waals surface area contributed by atoms with Crippen LogP contribution in [0.5, 0.6) is 0 Å². The average molecular weight is 307 g/mol. The number of thiophene rings is 1. The maximum atomic E-state index is 12.6. The fraction of sp³-hybridized carbons (Fsp3) is 0.562. The molecule has 4 nitrogen and oxygen atoms in total. The lowest BCUT2D eigenvalue weighted by Crippen LogP contribution is -2.42. The molecule has 0 unspecified atom stereocenters. The largest absolute Gasteiger partial charge is 0.395 e. The molecule has 0 bridgehead atoms. The summed E-state index contributed by atoms with van der Waals surface area (Å²) in [5.74, 6) is 5.39. The van der Waals surface area contributed by atoms with Crippen molar-refractivity contribution in [3.63, 3.8) is 0 Å². The van der Waals surface area contributed by atoms with Crippen LogP contribution in [0.2, 0.25) is 0 Å². The Morgan fingerprint density at radius 3 is 2.71 bits per heavy atom. The summed E-state index contributed by atoms with van der Waals surface area (Å²) >= 11 is 1.34. The molecule has 2 rings (SSSR count). The van der Waals surface area contributed by atoms with Gasteiger partial charge in [0.2, 0.25) is 0 Å². The van der Waals surface area contributed by atoms with Crippen molar-refractivity contribution in [3.05, 3.63) is 21.9 Å². The van der Waals surface area contributed by atoms with Crippen LogP contribution in [0.15, 0.2) is 12.1 Å². The third-order valence-corrected chi connectivity index (χ3v) is 4.71. The van der Waals surface area contributed by atoms with Gasteiger partial charge in [0.25, 0.3) is 5.91 Å². The van der Waals surface area contributed by atoms with E-state index in [9.17, 15) is 9.90 Å². The van der Waals surface area contributed by atoms with Crippen LogP contribution in [-0.2, 0) is 0 Å². The predicted molar refractivity (Wildman–Crippen MR) is 83.3 cm³/mol. The molecule has 1 aliphatic carbocycles. The maximum absolute atomic E-state index is 12.6. The molecule has 21 heavy (non-hydrogen) atoms. The topological polar surface area (TPSA) is 60.8 Å². The number of rotatable bonds is 4. The van der Waals surface area contributed by atoms with Gasteiger partial charge >= 0.3 is 0 Å². The molecule has 1 aromatic rings. The van der Waals surface area contributed by atoms with Gasteiger partial charge in [-0.3, -0.25) is 4.79 Å². The van der Waals surface area contributed by atoms with Crippen LogP contribution in [0, 0.1) is 11.8 Å². The van der Waals surface area contributed by atoms with Gasteiger partial charge in [0.05, 0.1) is 16.4 Å². The molecule has 1 amide bonds. The summed E-state index contributed by atoms with van der Waals surface area (Å²) in [7, 11) is 0. The minimum Gasteiger partial charge on any atom is -0.395 e. The van der Waals surface area contributed by atoms with E-state index >= 15 is 0 Å². The number of hydrogen-bond donors (Lipinski definition) is 2. The van der Waals surface area contributed by atoms with Gasteiger partial charge in [0.1, 0.15) is 6.61 Å². The molecule has 1 fully saturated rings. The number of carbonyl (C=O) groups is 1. The van der Waals surface area contributed by atoms with Crippen molar-refractivity contribution >= 4 is 17.2 Å². The lowest BCUT2D eigenvalue weighted by molar-refractivity contribution is 0.0590. The van der Waals surface area contributed by atoms with E-state index in [-0.39, 0.29) is 25.2 Å². The smallest absolute Gasteiger partial charge is 0.264 e. The van der Waals surface area contributed by atoms with Crippen LogP contribution in [0.4, 0.5) is 0 Å². The second kappa shape index (κ2) is 8.18.